The summed E-state index contributed by atoms with van der Waals surface area (Å²) in [6.45, 7) is 0.667. The van der Waals surface area contributed by atoms with Crippen molar-refractivity contribution in [2.75, 3.05) is 0 Å². The molecule has 0 aliphatic carbocycles. The van der Waals surface area contributed by atoms with Crippen molar-refractivity contribution in [3.05, 3.63) is 65.6 Å². The van der Waals surface area contributed by atoms with Gasteiger partial charge < -0.3 is 0 Å². The Balaban J connectivity index is 1.90. The molecule has 0 amide bonds. The Hall–Kier alpha value is -2.49. The molecule has 2 aromatic carbocycles. The number of rotatable bonds is 3. The third kappa shape index (κ3) is 2.38. The largest absolute Gasteiger partial charge is 0.283 e. The molecule has 3 aromatic rings. The van der Waals surface area contributed by atoms with Crippen LogP contribution < -0.4 is 5.49 Å². The quantitative estimate of drug-likeness (QED) is 0.774. The van der Waals surface area contributed by atoms with Gasteiger partial charge in [-0.05, 0) is 24.1 Å². The zero-order valence-electron chi connectivity index (χ0n) is 10.5. The molecule has 0 aliphatic heterocycles. The molecule has 4 heteroatoms. The van der Waals surface area contributed by atoms with Crippen molar-refractivity contribution in [3.8, 4) is 0 Å². The van der Waals surface area contributed by atoms with Crippen LogP contribution in [-0.2, 0) is 13.0 Å². The van der Waals surface area contributed by atoms with Gasteiger partial charge in [0.15, 0.2) is 5.49 Å². The first-order valence-electron chi connectivity index (χ1n) is 6.26. The Kier molecular flexibility index (Phi) is 3.06. The number of benzene rings is 2. The van der Waals surface area contributed by atoms with E-state index in [1.165, 1.54) is 5.56 Å². The van der Waals surface area contributed by atoms with E-state index in [4.69, 9.17) is 5.41 Å². The number of fused-ring (bicyclic) bond motifs is 1. The fourth-order valence-corrected chi connectivity index (χ4v) is 2.08. The predicted molar refractivity (Wildman–Crippen MR) is 73.5 cm³/mol. The van der Waals surface area contributed by atoms with Gasteiger partial charge in [-0.25, -0.2) is 4.68 Å². The Morgan fingerprint density at radius 1 is 0.947 bits per heavy atom. The van der Waals surface area contributed by atoms with Crippen LogP contribution in [0.3, 0.4) is 0 Å². The van der Waals surface area contributed by atoms with E-state index in [0.29, 0.717) is 12.0 Å². The van der Waals surface area contributed by atoms with Crippen LogP contribution in [-0.4, -0.2) is 15.0 Å². The number of nitrogens with one attached hydrogen (secondary N) is 1. The number of aromatic nitrogens is 3. The summed E-state index contributed by atoms with van der Waals surface area (Å²) in [7, 11) is 0. The van der Waals surface area contributed by atoms with Gasteiger partial charge in [-0.2, -0.15) is 0 Å². The highest BCUT2D eigenvalue weighted by atomic mass is 15.4. The van der Waals surface area contributed by atoms with E-state index in [1.807, 2.05) is 42.5 Å². The summed E-state index contributed by atoms with van der Waals surface area (Å²) in [4.78, 5) is 0. The maximum Gasteiger partial charge on any atom is 0.152 e. The van der Waals surface area contributed by atoms with Gasteiger partial charge in [-0.3, -0.25) is 5.41 Å². The van der Waals surface area contributed by atoms with E-state index in [2.05, 4.69) is 22.4 Å². The second-order valence-electron chi connectivity index (χ2n) is 4.41. The van der Waals surface area contributed by atoms with Crippen molar-refractivity contribution < 1.29 is 0 Å². The molecule has 3 rings (SSSR count). The Morgan fingerprint density at radius 2 is 1.68 bits per heavy atom. The van der Waals surface area contributed by atoms with Gasteiger partial charge in [0, 0.05) is 11.9 Å². The molecule has 1 aromatic heterocycles. The lowest BCUT2D eigenvalue weighted by molar-refractivity contribution is 0.537. The van der Waals surface area contributed by atoms with Crippen molar-refractivity contribution in [3.63, 3.8) is 0 Å². The predicted octanol–water partition coefficient (Wildman–Crippen LogP) is 2.15. The van der Waals surface area contributed by atoms with Gasteiger partial charge >= 0.3 is 0 Å². The van der Waals surface area contributed by atoms with Crippen LogP contribution in [0.2, 0.25) is 0 Å². The van der Waals surface area contributed by atoms with E-state index in [9.17, 15) is 0 Å². The zero-order valence-corrected chi connectivity index (χ0v) is 10.5. The summed E-state index contributed by atoms with van der Waals surface area (Å²) in [5, 5.41) is 17.3. The van der Waals surface area contributed by atoms with E-state index in [1.54, 1.807) is 4.68 Å². The second-order valence-corrected chi connectivity index (χ2v) is 4.41. The zero-order chi connectivity index (χ0) is 13.1. The highest BCUT2D eigenvalue weighted by Gasteiger charge is 2.02. The van der Waals surface area contributed by atoms with Crippen LogP contribution in [0.5, 0.6) is 0 Å². The fraction of sp³-hybridized carbons (Fsp3) is 0.133. The third-order valence-electron chi connectivity index (χ3n) is 3.13. The van der Waals surface area contributed by atoms with Gasteiger partial charge in [0.05, 0.1) is 5.52 Å². The highest BCUT2D eigenvalue weighted by Crippen LogP contribution is 2.04. The molecule has 1 N–H and O–H groups in total. The van der Waals surface area contributed by atoms with E-state index >= 15 is 0 Å². The van der Waals surface area contributed by atoms with Gasteiger partial charge in [-0.1, -0.05) is 47.7 Å². The molecule has 0 spiro atoms. The van der Waals surface area contributed by atoms with E-state index in [0.717, 1.165) is 17.3 Å². The molecule has 1 heterocycles. The maximum atomic E-state index is 8.17. The van der Waals surface area contributed by atoms with E-state index in [-0.39, 0.29) is 0 Å². The first-order chi connectivity index (χ1) is 9.34. The fourth-order valence-electron chi connectivity index (χ4n) is 2.08. The van der Waals surface area contributed by atoms with Crippen molar-refractivity contribution in [1.82, 2.24) is 15.0 Å². The first kappa shape index (κ1) is 11.6. The average molecular weight is 250 g/mol. The van der Waals surface area contributed by atoms with Crippen LogP contribution in [0.1, 0.15) is 5.56 Å². The molecule has 0 radical (unpaired) electrons. The molecule has 0 fully saturated rings. The van der Waals surface area contributed by atoms with Crippen LogP contribution in [0.4, 0.5) is 0 Å². The average Bonchev–Trinajstić information content (AvgIpc) is 2.48. The first-order valence-corrected chi connectivity index (χ1v) is 6.26. The molecule has 94 valence electrons. The number of nitrogens with zero attached hydrogens (tertiary/aromatic N) is 3. The van der Waals surface area contributed by atoms with Crippen molar-refractivity contribution in [2.24, 2.45) is 0 Å². The minimum absolute atomic E-state index is 0.418. The monoisotopic (exact) mass is 250 g/mol. The smallest absolute Gasteiger partial charge is 0.152 e. The van der Waals surface area contributed by atoms with Crippen LogP contribution in [0.15, 0.2) is 54.6 Å². The van der Waals surface area contributed by atoms with Crippen molar-refractivity contribution >= 4 is 10.9 Å². The lowest BCUT2D eigenvalue weighted by Crippen LogP contribution is -2.25. The standard InChI is InChI=1S/C15H14N4/c16-15-13-8-4-5-9-14(13)17-18-19(15)11-10-12-6-2-1-3-7-12/h1-9,16H,10-11H2. The number of hydrogen-bond acceptors (Lipinski definition) is 3. The van der Waals surface area contributed by atoms with Crippen LogP contribution in [0.25, 0.3) is 10.9 Å². The summed E-state index contributed by atoms with van der Waals surface area (Å²) in [5.74, 6) is 0. The molecule has 0 saturated heterocycles. The molecule has 0 unspecified atom stereocenters. The lowest BCUT2D eigenvalue weighted by Gasteiger charge is -2.06. The maximum absolute atomic E-state index is 8.17. The molecule has 0 bridgehead atoms. The lowest BCUT2D eigenvalue weighted by atomic mass is 10.1. The Bertz CT molecular complexity index is 747. The van der Waals surface area contributed by atoms with E-state index < -0.39 is 0 Å². The van der Waals surface area contributed by atoms with Gasteiger partial charge in [0.1, 0.15) is 0 Å². The van der Waals surface area contributed by atoms with Crippen molar-refractivity contribution in [2.45, 2.75) is 13.0 Å². The van der Waals surface area contributed by atoms with Crippen LogP contribution in [0, 0.1) is 5.41 Å². The second kappa shape index (κ2) is 5.02. The minimum atomic E-state index is 0.418. The summed E-state index contributed by atoms with van der Waals surface area (Å²) in [6.07, 6.45) is 0.852. The molecule has 4 nitrogen and oxygen atoms in total. The number of hydrogen-bond donors (Lipinski definition) is 1. The summed E-state index contributed by atoms with van der Waals surface area (Å²) in [6, 6.07) is 17.8. The summed E-state index contributed by atoms with van der Waals surface area (Å²) < 4.78 is 1.65. The molecule has 0 saturated carbocycles. The molecule has 0 aliphatic rings. The SMILES string of the molecule is N=c1c2ccccc2nnn1CCc1ccccc1. The number of aryl methyl sites for hydroxylation is 2. The highest BCUT2D eigenvalue weighted by molar-refractivity contribution is 5.75. The molecule has 0 atom stereocenters. The molecular weight excluding hydrogens is 236 g/mol. The van der Waals surface area contributed by atoms with Crippen molar-refractivity contribution in [1.29, 1.82) is 5.41 Å². The van der Waals surface area contributed by atoms with Crippen LogP contribution >= 0.6 is 0 Å². The third-order valence-corrected chi connectivity index (χ3v) is 3.13. The van der Waals surface area contributed by atoms with Gasteiger partial charge in [0.2, 0.25) is 0 Å². The summed E-state index contributed by atoms with van der Waals surface area (Å²) in [5.41, 5.74) is 2.43. The Labute approximate surface area is 110 Å². The normalized spacial score (nSPS) is 10.7. The van der Waals surface area contributed by atoms with Gasteiger partial charge in [0.25, 0.3) is 0 Å². The minimum Gasteiger partial charge on any atom is -0.283 e. The van der Waals surface area contributed by atoms with Gasteiger partial charge in [-0.15, -0.1) is 5.10 Å². The summed E-state index contributed by atoms with van der Waals surface area (Å²) >= 11 is 0. The molecular formula is C15H14N4. The topological polar surface area (TPSA) is 54.6 Å². The molecule has 19 heavy (non-hydrogen) atoms. The Morgan fingerprint density at radius 3 is 2.53 bits per heavy atom.